The van der Waals surface area contributed by atoms with Crippen molar-refractivity contribution in [1.29, 1.82) is 0 Å². The van der Waals surface area contributed by atoms with Crippen molar-refractivity contribution in [3.05, 3.63) is 65.0 Å². The number of ether oxygens (including phenoxy) is 3. The number of morpholine rings is 1. The van der Waals surface area contributed by atoms with Gasteiger partial charge in [-0.25, -0.2) is 4.39 Å². The highest BCUT2D eigenvalue weighted by molar-refractivity contribution is 5.87. The second kappa shape index (κ2) is 7.48. The molecule has 1 fully saturated rings. The maximum atomic E-state index is 13.5. The monoisotopic (exact) mass is 355 g/mol. The first-order valence-electron chi connectivity index (χ1n) is 8.84. The van der Waals surface area contributed by atoms with Gasteiger partial charge in [-0.15, -0.1) is 0 Å². The van der Waals surface area contributed by atoms with Crippen molar-refractivity contribution in [2.24, 2.45) is 0 Å². The van der Waals surface area contributed by atoms with Crippen LogP contribution in [-0.2, 0) is 4.74 Å². The average Bonchev–Trinajstić information content (AvgIpc) is 2.69. The summed E-state index contributed by atoms with van der Waals surface area (Å²) in [5.41, 5.74) is 4.29. The van der Waals surface area contributed by atoms with Crippen molar-refractivity contribution < 1.29 is 18.6 Å². The third-order valence-corrected chi connectivity index (χ3v) is 4.86. The Kier molecular flexibility index (Phi) is 4.91. The summed E-state index contributed by atoms with van der Waals surface area (Å²) in [6, 6.07) is 12.5. The zero-order valence-corrected chi connectivity index (χ0v) is 14.8. The predicted octanol–water partition coefficient (Wildman–Crippen LogP) is 3.36. The molecule has 4 nitrogen and oxygen atoms in total. The Bertz CT molecular complexity index is 811. The summed E-state index contributed by atoms with van der Waals surface area (Å²) < 4.78 is 30.3. The maximum absolute atomic E-state index is 13.5. The number of halogens is 1. The molecule has 0 radical (unpaired) electrons. The molecule has 0 atom stereocenters. The summed E-state index contributed by atoms with van der Waals surface area (Å²) in [4.78, 5) is 2.37. The molecule has 0 aromatic heterocycles. The molecule has 26 heavy (non-hydrogen) atoms. The van der Waals surface area contributed by atoms with E-state index >= 15 is 0 Å². The third kappa shape index (κ3) is 3.45. The van der Waals surface area contributed by atoms with Crippen LogP contribution >= 0.6 is 0 Å². The predicted molar refractivity (Wildman–Crippen MR) is 98.2 cm³/mol. The van der Waals surface area contributed by atoms with E-state index < -0.39 is 0 Å². The highest BCUT2D eigenvalue weighted by Crippen LogP contribution is 2.39. The first kappa shape index (κ1) is 17.1. The lowest BCUT2D eigenvalue weighted by Crippen LogP contribution is -2.38. The van der Waals surface area contributed by atoms with E-state index in [-0.39, 0.29) is 5.82 Å². The molecule has 0 N–H and O–H groups in total. The molecule has 0 spiro atoms. The van der Waals surface area contributed by atoms with E-state index in [9.17, 15) is 4.39 Å². The maximum Gasteiger partial charge on any atom is 0.127 e. The molecule has 136 valence electrons. The summed E-state index contributed by atoms with van der Waals surface area (Å²) >= 11 is 0. The molecule has 0 saturated carbocycles. The molecule has 2 aromatic carbocycles. The summed E-state index contributed by atoms with van der Waals surface area (Å²) in [7, 11) is 1.65. The number of hydrogen-bond acceptors (Lipinski definition) is 4. The van der Waals surface area contributed by atoms with Crippen LogP contribution in [0.5, 0.6) is 11.5 Å². The highest BCUT2D eigenvalue weighted by atomic mass is 19.1. The molecular weight excluding hydrogens is 333 g/mol. The number of rotatable bonds is 4. The molecular formula is C21H22FNO3. The van der Waals surface area contributed by atoms with Gasteiger partial charge in [-0.3, -0.25) is 4.90 Å². The van der Waals surface area contributed by atoms with Gasteiger partial charge in [-0.05, 0) is 47.0 Å². The van der Waals surface area contributed by atoms with Crippen molar-refractivity contribution in [2.75, 3.05) is 46.6 Å². The van der Waals surface area contributed by atoms with Gasteiger partial charge < -0.3 is 14.2 Å². The van der Waals surface area contributed by atoms with Crippen LogP contribution in [0.15, 0.2) is 48.0 Å². The van der Waals surface area contributed by atoms with Gasteiger partial charge in [0.2, 0.25) is 0 Å². The van der Waals surface area contributed by atoms with Gasteiger partial charge in [0.25, 0.3) is 0 Å². The third-order valence-electron chi connectivity index (χ3n) is 4.86. The Labute approximate surface area is 152 Å². The van der Waals surface area contributed by atoms with Crippen LogP contribution in [0.1, 0.15) is 11.1 Å². The van der Waals surface area contributed by atoms with Crippen LogP contribution in [0.3, 0.4) is 0 Å². The van der Waals surface area contributed by atoms with Crippen LogP contribution in [0.25, 0.3) is 5.57 Å². The van der Waals surface area contributed by atoms with E-state index in [1.54, 1.807) is 7.11 Å². The van der Waals surface area contributed by atoms with Crippen LogP contribution in [-0.4, -0.2) is 51.5 Å². The number of methoxy groups -OCH3 is 1. The number of fused-ring (bicyclic) bond motifs is 1. The minimum absolute atomic E-state index is 0.234. The summed E-state index contributed by atoms with van der Waals surface area (Å²) in [5.74, 6) is 1.37. The second-order valence-electron chi connectivity index (χ2n) is 6.52. The van der Waals surface area contributed by atoms with Crippen LogP contribution in [0.2, 0.25) is 0 Å². The molecule has 2 aliphatic rings. The summed E-state index contributed by atoms with van der Waals surface area (Å²) in [6.45, 7) is 4.67. The van der Waals surface area contributed by atoms with Gasteiger partial charge in [0, 0.05) is 25.2 Å². The smallest absolute Gasteiger partial charge is 0.127 e. The van der Waals surface area contributed by atoms with E-state index in [1.807, 2.05) is 30.3 Å². The number of nitrogens with zero attached hydrogens (tertiary/aromatic N) is 1. The first-order valence-corrected chi connectivity index (χ1v) is 8.84. The average molecular weight is 355 g/mol. The van der Waals surface area contributed by atoms with Crippen LogP contribution in [0, 0.1) is 5.82 Å². The molecule has 0 bridgehead atoms. The Morgan fingerprint density at radius 1 is 1.08 bits per heavy atom. The van der Waals surface area contributed by atoms with Crippen molar-refractivity contribution in [3.63, 3.8) is 0 Å². The van der Waals surface area contributed by atoms with Gasteiger partial charge in [0.1, 0.15) is 23.9 Å². The fraction of sp³-hybridized carbons (Fsp3) is 0.333. The lowest BCUT2D eigenvalue weighted by atomic mass is 9.90. The number of hydrogen-bond donors (Lipinski definition) is 0. The highest BCUT2D eigenvalue weighted by Gasteiger charge is 2.24. The van der Waals surface area contributed by atoms with Crippen molar-refractivity contribution >= 4 is 5.57 Å². The lowest BCUT2D eigenvalue weighted by Gasteiger charge is -2.31. The summed E-state index contributed by atoms with van der Waals surface area (Å²) in [5, 5.41) is 0. The normalized spacial score (nSPS) is 17.6. The minimum atomic E-state index is -0.234. The second-order valence-corrected chi connectivity index (χ2v) is 6.52. The van der Waals surface area contributed by atoms with Gasteiger partial charge in [-0.1, -0.05) is 12.1 Å². The molecule has 2 aromatic rings. The number of benzene rings is 2. The molecule has 0 aliphatic carbocycles. The zero-order valence-electron chi connectivity index (χ0n) is 14.8. The molecule has 0 unspecified atom stereocenters. The fourth-order valence-corrected chi connectivity index (χ4v) is 3.51. The topological polar surface area (TPSA) is 30.9 Å². The van der Waals surface area contributed by atoms with Crippen LogP contribution in [0.4, 0.5) is 4.39 Å². The Balaban J connectivity index is 1.79. The van der Waals surface area contributed by atoms with E-state index in [0.29, 0.717) is 6.61 Å². The van der Waals surface area contributed by atoms with Gasteiger partial charge in [-0.2, -0.15) is 0 Å². The van der Waals surface area contributed by atoms with Crippen molar-refractivity contribution in [3.8, 4) is 11.5 Å². The van der Waals surface area contributed by atoms with E-state index in [2.05, 4.69) is 4.90 Å². The SMILES string of the molecule is COc1ccc2c(c1)C(c1ccc(F)cc1)=C(CN1CCOCC1)CO2. The van der Waals surface area contributed by atoms with Gasteiger partial charge >= 0.3 is 0 Å². The van der Waals surface area contributed by atoms with E-state index in [0.717, 1.165) is 61.0 Å². The summed E-state index contributed by atoms with van der Waals surface area (Å²) in [6.07, 6.45) is 0. The Morgan fingerprint density at radius 2 is 1.85 bits per heavy atom. The largest absolute Gasteiger partial charge is 0.497 e. The van der Waals surface area contributed by atoms with Crippen molar-refractivity contribution in [2.45, 2.75) is 0 Å². The molecule has 0 amide bonds. The first-order chi connectivity index (χ1) is 12.7. The molecule has 2 heterocycles. The van der Waals surface area contributed by atoms with E-state index in [1.165, 1.54) is 17.7 Å². The molecule has 2 aliphatic heterocycles. The van der Waals surface area contributed by atoms with E-state index in [4.69, 9.17) is 14.2 Å². The zero-order chi connectivity index (χ0) is 17.9. The molecule has 4 rings (SSSR count). The Morgan fingerprint density at radius 3 is 2.58 bits per heavy atom. The molecule has 5 heteroatoms. The van der Waals surface area contributed by atoms with Crippen molar-refractivity contribution in [1.82, 2.24) is 4.90 Å². The fourth-order valence-electron chi connectivity index (χ4n) is 3.51. The molecule has 1 saturated heterocycles. The Hall–Kier alpha value is -2.37. The van der Waals surface area contributed by atoms with Crippen LogP contribution < -0.4 is 9.47 Å². The standard InChI is InChI=1S/C21H22FNO3/c1-24-18-6-7-20-19(12-18)21(15-2-4-17(22)5-3-15)16(14-26-20)13-23-8-10-25-11-9-23/h2-7,12H,8-11,13-14H2,1H3. The van der Waals surface area contributed by atoms with Gasteiger partial charge in [0.15, 0.2) is 0 Å². The van der Waals surface area contributed by atoms with Gasteiger partial charge in [0.05, 0.1) is 20.3 Å². The minimum Gasteiger partial charge on any atom is -0.497 e. The lowest BCUT2D eigenvalue weighted by molar-refractivity contribution is 0.0413. The quantitative estimate of drug-likeness (QED) is 0.842.